The number of methoxy groups -OCH3 is 1. The molecule has 1 heterocycles. The van der Waals surface area contributed by atoms with Gasteiger partial charge in [0.2, 0.25) is 0 Å². The van der Waals surface area contributed by atoms with Gasteiger partial charge in [-0.3, -0.25) is 4.79 Å². The van der Waals surface area contributed by atoms with Crippen molar-refractivity contribution in [3.05, 3.63) is 44.6 Å². The Labute approximate surface area is 161 Å². The van der Waals surface area contributed by atoms with E-state index in [1.54, 1.807) is 18.2 Å². The van der Waals surface area contributed by atoms with Crippen LogP contribution in [0, 0.1) is 5.92 Å². The highest BCUT2D eigenvalue weighted by atomic mass is 35.5. The van der Waals surface area contributed by atoms with Crippen LogP contribution in [-0.4, -0.2) is 25.6 Å². The zero-order valence-corrected chi connectivity index (χ0v) is 16.2. The minimum atomic E-state index is -0.467. The summed E-state index contributed by atoms with van der Waals surface area (Å²) in [6.45, 7) is 1.85. The molecule has 1 aliphatic carbocycles. The van der Waals surface area contributed by atoms with E-state index in [0.717, 1.165) is 19.3 Å². The van der Waals surface area contributed by atoms with Crippen LogP contribution in [0.2, 0.25) is 5.02 Å². The molecular weight excluding hydrogens is 374 g/mol. The van der Waals surface area contributed by atoms with E-state index >= 15 is 0 Å². The lowest BCUT2D eigenvalue weighted by molar-refractivity contribution is -0.119. The molecule has 1 N–H and O–H groups in total. The number of aryl methyl sites for hydroxylation is 1. The number of carbonyl (C=O) groups is 2. The van der Waals surface area contributed by atoms with Crippen LogP contribution < -0.4 is 10.1 Å². The van der Waals surface area contributed by atoms with Gasteiger partial charge in [-0.1, -0.05) is 18.5 Å². The summed E-state index contributed by atoms with van der Waals surface area (Å²) < 4.78 is 10.3. The Kier molecular flexibility index (Phi) is 5.84. The summed E-state index contributed by atoms with van der Waals surface area (Å²) in [5.74, 6) is 0.202. The number of thiophene rings is 1. The Balaban J connectivity index is 1.58. The molecule has 0 aliphatic heterocycles. The molecule has 0 fully saturated rings. The number of hydrogen-bond donors (Lipinski definition) is 1. The molecule has 3 rings (SSSR count). The van der Waals surface area contributed by atoms with Gasteiger partial charge < -0.3 is 14.8 Å². The van der Waals surface area contributed by atoms with Crippen LogP contribution in [-0.2, 0) is 22.4 Å². The third kappa shape index (κ3) is 4.37. The number of hydrogen-bond acceptors (Lipinski definition) is 5. The molecule has 1 aliphatic rings. The van der Waals surface area contributed by atoms with E-state index in [4.69, 9.17) is 21.1 Å². The number of benzene rings is 1. The normalized spacial score (nSPS) is 15.9. The van der Waals surface area contributed by atoms with Crippen LogP contribution in [0.25, 0.3) is 0 Å². The summed E-state index contributed by atoms with van der Waals surface area (Å²) in [4.78, 5) is 26.1. The SMILES string of the molecule is COc1ccc(Cl)cc1NC(=O)COC(=O)c1cc2c(s1)CC[C@@H](C)C2. The largest absolute Gasteiger partial charge is 0.495 e. The molecule has 26 heavy (non-hydrogen) atoms. The first-order valence-corrected chi connectivity index (χ1v) is 9.58. The molecule has 0 spiro atoms. The van der Waals surface area contributed by atoms with Gasteiger partial charge in [-0.25, -0.2) is 4.79 Å². The van der Waals surface area contributed by atoms with Gasteiger partial charge in [0.1, 0.15) is 10.6 Å². The summed E-state index contributed by atoms with van der Waals surface area (Å²) in [5.41, 5.74) is 1.66. The van der Waals surface area contributed by atoms with Crippen molar-refractivity contribution in [1.29, 1.82) is 0 Å². The monoisotopic (exact) mass is 393 g/mol. The van der Waals surface area contributed by atoms with Crippen LogP contribution >= 0.6 is 22.9 Å². The third-order valence-electron chi connectivity index (χ3n) is 4.30. The Morgan fingerprint density at radius 2 is 2.15 bits per heavy atom. The highest BCUT2D eigenvalue weighted by molar-refractivity contribution is 7.14. The molecule has 0 radical (unpaired) electrons. The van der Waals surface area contributed by atoms with Crippen LogP contribution in [0.4, 0.5) is 5.69 Å². The zero-order valence-electron chi connectivity index (χ0n) is 14.6. The van der Waals surface area contributed by atoms with Crippen LogP contribution in [0.1, 0.15) is 33.5 Å². The van der Waals surface area contributed by atoms with Crippen molar-refractivity contribution in [2.75, 3.05) is 19.0 Å². The standard InChI is InChI=1S/C19H20ClNO4S/c1-11-3-6-16-12(7-11)8-17(26-16)19(23)25-10-18(22)21-14-9-13(20)4-5-15(14)24-2/h4-5,8-9,11H,3,6-7,10H2,1-2H3,(H,21,22)/t11-/m1/s1. The van der Waals surface area contributed by atoms with Crippen molar-refractivity contribution in [2.24, 2.45) is 5.92 Å². The van der Waals surface area contributed by atoms with Crippen molar-refractivity contribution in [3.63, 3.8) is 0 Å². The van der Waals surface area contributed by atoms with Crippen LogP contribution in [0.15, 0.2) is 24.3 Å². The predicted octanol–water partition coefficient (Wildman–Crippen LogP) is 4.33. The summed E-state index contributed by atoms with van der Waals surface area (Å²) in [7, 11) is 1.50. The molecule has 2 aromatic rings. The van der Waals surface area contributed by atoms with Gasteiger partial charge in [0, 0.05) is 9.90 Å². The van der Waals surface area contributed by atoms with E-state index in [0.29, 0.717) is 27.3 Å². The van der Waals surface area contributed by atoms with Gasteiger partial charge >= 0.3 is 5.97 Å². The lowest BCUT2D eigenvalue weighted by atomic mass is 9.90. The van der Waals surface area contributed by atoms with Crippen molar-refractivity contribution in [1.82, 2.24) is 0 Å². The third-order valence-corrected chi connectivity index (χ3v) is 5.75. The second-order valence-corrected chi connectivity index (χ2v) is 7.95. The van der Waals surface area contributed by atoms with Gasteiger partial charge in [-0.2, -0.15) is 0 Å². The number of carbonyl (C=O) groups excluding carboxylic acids is 2. The first-order chi connectivity index (χ1) is 12.5. The van der Waals surface area contributed by atoms with Crippen molar-refractivity contribution in [3.8, 4) is 5.75 Å². The van der Waals surface area contributed by atoms with Crippen LogP contribution in [0.3, 0.4) is 0 Å². The lowest BCUT2D eigenvalue weighted by Gasteiger charge is -2.16. The first-order valence-electron chi connectivity index (χ1n) is 8.38. The van der Waals surface area contributed by atoms with Crippen LogP contribution in [0.5, 0.6) is 5.75 Å². The molecule has 0 saturated heterocycles. The highest BCUT2D eigenvalue weighted by Crippen LogP contribution is 2.32. The van der Waals surface area contributed by atoms with E-state index in [1.165, 1.54) is 28.9 Å². The maximum absolute atomic E-state index is 12.2. The number of halogens is 1. The van der Waals surface area contributed by atoms with Gasteiger partial charge in [-0.15, -0.1) is 11.3 Å². The molecular formula is C19H20ClNO4S. The molecule has 0 saturated carbocycles. The van der Waals surface area contributed by atoms with Gasteiger partial charge in [0.25, 0.3) is 5.91 Å². The minimum absolute atomic E-state index is 0.368. The molecule has 1 aromatic carbocycles. The maximum Gasteiger partial charge on any atom is 0.348 e. The topological polar surface area (TPSA) is 64.6 Å². The number of amides is 1. The van der Waals surface area contributed by atoms with Gasteiger partial charge in [-0.05, 0) is 55.0 Å². The predicted molar refractivity (Wildman–Crippen MR) is 102 cm³/mol. The number of nitrogens with one attached hydrogen (secondary N) is 1. The fraction of sp³-hybridized carbons (Fsp3) is 0.368. The number of esters is 1. The minimum Gasteiger partial charge on any atom is -0.495 e. The van der Waals surface area contributed by atoms with E-state index in [-0.39, 0.29) is 6.61 Å². The lowest BCUT2D eigenvalue weighted by Crippen LogP contribution is -2.21. The number of ether oxygens (including phenoxy) is 2. The summed E-state index contributed by atoms with van der Waals surface area (Å²) in [5, 5.41) is 3.11. The Morgan fingerprint density at radius 1 is 1.35 bits per heavy atom. The molecule has 1 aromatic heterocycles. The Hall–Kier alpha value is -2.05. The van der Waals surface area contributed by atoms with E-state index < -0.39 is 11.9 Å². The number of fused-ring (bicyclic) bond motifs is 1. The quantitative estimate of drug-likeness (QED) is 0.768. The number of rotatable bonds is 5. The molecule has 0 unspecified atom stereocenters. The molecule has 1 amide bonds. The van der Waals surface area contributed by atoms with E-state index in [9.17, 15) is 9.59 Å². The average Bonchev–Trinajstić information content (AvgIpc) is 3.03. The maximum atomic E-state index is 12.2. The highest BCUT2D eigenvalue weighted by Gasteiger charge is 2.22. The Morgan fingerprint density at radius 3 is 2.92 bits per heavy atom. The molecule has 0 bridgehead atoms. The van der Waals surface area contributed by atoms with Crippen molar-refractivity contribution >= 4 is 40.5 Å². The smallest absolute Gasteiger partial charge is 0.348 e. The van der Waals surface area contributed by atoms with E-state index in [1.807, 2.05) is 6.07 Å². The molecule has 5 nitrogen and oxygen atoms in total. The zero-order chi connectivity index (χ0) is 18.7. The summed E-state index contributed by atoms with van der Waals surface area (Å²) in [6, 6.07) is 6.79. The van der Waals surface area contributed by atoms with Crippen molar-refractivity contribution < 1.29 is 19.1 Å². The van der Waals surface area contributed by atoms with Gasteiger partial charge in [0.05, 0.1) is 12.8 Å². The molecule has 1 atom stereocenters. The fourth-order valence-electron chi connectivity index (χ4n) is 2.97. The average molecular weight is 394 g/mol. The summed E-state index contributed by atoms with van der Waals surface area (Å²) in [6.07, 6.45) is 3.14. The first kappa shape index (κ1) is 18.7. The molecule has 7 heteroatoms. The second-order valence-electron chi connectivity index (χ2n) is 6.38. The Bertz CT molecular complexity index is 833. The second kappa shape index (κ2) is 8.10. The fourth-order valence-corrected chi connectivity index (χ4v) is 4.25. The summed E-state index contributed by atoms with van der Waals surface area (Å²) >= 11 is 7.40. The van der Waals surface area contributed by atoms with E-state index in [2.05, 4.69) is 12.2 Å². The van der Waals surface area contributed by atoms with Gasteiger partial charge in [0.15, 0.2) is 6.61 Å². The van der Waals surface area contributed by atoms with Crippen molar-refractivity contribution in [2.45, 2.75) is 26.2 Å². The number of anilines is 1. The molecule has 138 valence electrons.